The number of hydrogen-bond acceptors (Lipinski definition) is 6. The highest BCUT2D eigenvalue weighted by atomic mass is 32.2. The van der Waals surface area contributed by atoms with Gasteiger partial charge in [-0.15, -0.1) is 0 Å². The standard InChI is InChI=1S/C14H25N3O2S/c1-3-6-18-10-14(2,15)13-16-12(19-17-13)9-11-4-7-20-8-5-11/h11H,3-10,15H2,1-2H3. The highest BCUT2D eigenvalue weighted by Crippen LogP contribution is 2.26. The molecule has 0 aliphatic carbocycles. The average Bonchev–Trinajstić information content (AvgIpc) is 2.89. The van der Waals surface area contributed by atoms with Crippen LogP contribution >= 0.6 is 11.8 Å². The van der Waals surface area contributed by atoms with E-state index in [1.165, 1.54) is 24.3 Å². The van der Waals surface area contributed by atoms with Crippen LogP contribution in [0.15, 0.2) is 4.52 Å². The van der Waals surface area contributed by atoms with Crippen molar-refractivity contribution in [2.45, 2.75) is 45.1 Å². The van der Waals surface area contributed by atoms with E-state index in [1.54, 1.807) is 0 Å². The van der Waals surface area contributed by atoms with E-state index in [1.807, 2.05) is 18.7 Å². The van der Waals surface area contributed by atoms with Crippen LogP contribution in [-0.4, -0.2) is 34.9 Å². The lowest BCUT2D eigenvalue weighted by molar-refractivity contribution is 0.0867. The van der Waals surface area contributed by atoms with E-state index in [4.69, 9.17) is 15.0 Å². The van der Waals surface area contributed by atoms with Crippen LogP contribution in [0, 0.1) is 5.92 Å². The fourth-order valence-corrected chi connectivity index (χ4v) is 3.46. The van der Waals surface area contributed by atoms with Crippen LogP contribution in [0.3, 0.4) is 0 Å². The summed E-state index contributed by atoms with van der Waals surface area (Å²) in [6.45, 7) is 5.08. The number of nitrogens with two attached hydrogens (primary N) is 1. The molecular weight excluding hydrogens is 274 g/mol. The van der Waals surface area contributed by atoms with Crippen molar-refractivity contribution in [1.29, 1.82) is 0 Å². The molecule has 0 aromatic carbocycles. The maximum Gasteiger partial charge on any atom is 0.226 e. The molecule has 1 aliphatic heterocycles. The van der Waals surface area contributed by atoms with Gasteiger partial charge < -0.3 is 15.0 Å². The Labute approximate surface area is 125 Å². The lowest BCUT2D eigenvalue weighted by Crippen LogP contribution is -2.39. The lowest BCUT2D eigenvalue weighted by atomic mass is 9.99. The second-order valence-corrected chi connectivity index (χ2v) is 6.97. The molecule has 1 saturated heterocycles. The SMILES string of the molecule is CCCOCC(C)(N)c1noc(CC2CCSCC2)n1. The Morgan fingerprint density at radius 3 is 2.90 bits per heavy atom. The van der Waals surface area contributed by atoms with Crippen LogP contribution < -0.4 is 5.73 Å². The molecule has 1 unspecified atom stereocenters. The smallest absolute Gasteiger partial charge is 0.226 e. The first-order valence-electron chi connectivity index (χ1n) is 7.39. The Kier molecular flexibility index (Phi) is 5.86. The molecule has 0 amide bonds. The molecule has 1 aromatic heterocycles. The third kappa shape index (κ3) is 4.46. The molecule has 6 heteroatoms. The van der Waals surface area contributed by atoms with E-state index in [-0.39, 0.29) is 0 Å². The van der Waals surface area contributed by atoms with E-state index in [9.17, 15) is 0 Å². The van der Waals surface area contributed by atoms with Gasteiger partial charge >= 0.3 is 0 Å². The molecular formula is C14H25N3O2S. The number of aromatic nitrogens is 2. The van der Waals surface area contributed by atoms with Crippen molar-refractivity contribution in [3.8, 4) is 0 Å². The van der Waals surface area contributed by atoms with E-state index in [2.05, 4.69) is 17.1 Å². The molecule has 114 valence electrons. The number of thioether (sulfide) groups is 1. The molecule has 2 heterocycles. The minimum Gasteiger partial charge on any atom is -0.379 e. The van der Waals surface area contributed by atoms with Crippen LogP contribution in [0.4, 0.5) is 0 Å². The fraction of sp³-hybridized carbons (Fsp3) is 0.857. The second kappa shape index (κ2) is 7.43. The van der Waals surface area contributed by atoms with Gasteiger partial charge in [0, 0.05) is 13.0 Å². The van der Waals surface area contributed by atoms with Crippen LogP contribution in [0.2, 0.25) is 0 Å². The Morgan fingerprint density at radius 1 is 1.45 bits per heavy atom. The van der Waals surface area contributed by atoms with E-state index in [0.717, 1.165) is 12.8 Å². The van der Waals surface area contributed by atoms with Gasteiger partial charge in [0.2, 0.25) is 5.89 Å². The molecule has 1 aromatic rings. The molecule has 0 spiro atoms. The quantitative estimate of drug-likeness (QED) is 0.779. The van der Waals surface area contributed by atoms with Crippen molar-refractivity contribution in [2.75, 3.05) is 24.7 Å². The molecule has 1 atom stereocenters. The topological polar surface area (TPSA) is 74.2 Å². The van der Waals surface area contributed by atoms with Crippen molar-refractivity contribution in [1.82, 2.24) is 10.1 Å². The summed E-state index contributed by atoms with van der Waals surface area (Å²) in [4.78, 5) is 4.47. The number of hydrogen-bond donors (Lipinski definition) is 1. The van der Waals surface area contributed by atoms with Crippen molar-refractivity contribution in [2.24, 2.45) is 11.7 Å². The molecule has 2 rings (SSSR count). The summed E-state index contributed by atoms with van der Waals surface area (Å²) in [6, 6.07) is 0. The summed E-state index contributed by atoms with van der Waals surface area (Å²) in [5, 5.41) is 4.04. The predicted octanol–water partition coefficient (Wildman–Crippen LogP) is 2.36. The van der Waals surface area contributed by atoms with Gasteiger partial charge in [0.1, 0.15) is 5.54 Å². The third-order valence-electron chi connectivity index (χ3n) is 3.53. The van der Waals surface area contributed by atoms with Gasteiger partial charge in [-0.1, -0.05) is 12.1 Å². The zero-order chi connectivity index (χ0) is 14.4. The van der Waals surface area contributed by atoms with E-state index in [0.29, 0.717) is 30.8 Å². The van der Waals surface area contributed by atoms with Gasteiger partial charge in [-0.25, -0.2) is 0 Å². The van der Waals surface area contributed by atoms with Crippen molar-refractivity contribution >= 4 is 11.8 Å². The highest BCUT2D eigenvalue weighted by Gasteiger charge is 2.28. The third-order valence-corrected chi connectivity index (χ3v) is 4.58. The summed E-state index contributed by atoms with van der Waals surface area (Å²) in [6.07, 6.45) is 4.33. The summed E-state index contributed by atoms with van der Waals surface area (Å²) in [7, 11) is 0. The molecule has 1 aliphatic rings. The van der Waals surface area contributed by atoms with Crippen molar-refractivity contribution in [3.63, 3.8) is 0 Å². The first-order chi connectivity index (χ1) is 9.62. The monoisotopic (exact) mass is 299 g/mol. The minimum absolute atomic E-state index is 0.417. The maximum atomic E-state index is 6.21. The predicted molar refractivity (Wildman–Crippen MR) is 80.7 cm³/mol. The molecule has 1 fully saturated rings. The minimum atomic E-state index is -0.681. The first kappa shape index (κ1) is 15.8. The molecule has 0 saturated carbocycles. The van der Waals surface area contributed by atoms with Gasteiger partial charge in [-0.2, -0.15) is 16.7 Å². The normalized spacial score (nSPS) is 19.9. The highest BCUT2D eigenvalue weighted by molar-refractivity contribution is 7.99. The number of rotatable bonds is 7. The zero-order valence-electron chi connectivity index (χ0n) is 12.4. The zero-order valence-corrected chi connectivity index (χ0v) is 13.2. The van der Waals surface area contributed by atoms with Crippen LogP contribution in [-0.2, 0) is 16.7 Å². The molecule has 5 nitrogen and oxygen atoms in total. The largest absolute Gasteiger partial charge is 0.379 e. The van der Waals surface area contributed by atoms with Crippen molar-refractivity contribution in [3.05, 3.63) is 11.7 Å². The molecule has 20 heavy (non-hydrogen) atoms. The number of nitrogens with zero attached hydrogens (tertiary/aromatic N) is 2. The fourth-order valence-electron chi connectivity index (χ4n) is 2.26. The Morgan fingerprint density at radius 2 is 2.20 bits per heavy atom. The molecule has 2 N–H and O–H groups in total. The average molecular weight is 299 g/mol. The van der Waals surface area contributed by atoms with Crippen LogP contribution in [0.25, 0.3) is 0 Å². The summed E-state index contributed by atoms with van der Waals surface area (Å²) < 4.78 is 10.9. The maximum absolute atomic E-state index is 6.21. The van der Waals surface area contributed by atoms with Gasteiger partial charge in [-0.05, 0) is 43.6 Å². The Balaban J connectivity index is 1.89. The first-order valence-corrected chi connectivity index (χ1v) is 8.54. The second-order valence-electron chi connectivity index (χ2n) is 5.74. The van der Waals surface area contributed by atoms with Crippen LogP contribution in [0.5, 0.6) is 0 Å². The summed E-state index contributed by atoms with van der Waals surface area (Å²) in [5.74, 6) is 4.42. The Bertz CT molecular complexity index is 403. The summed E-state index contributed by atoms with van der Waals surface area (Å²) >= 11 is 2.03. The number of ether oxygens (including phenoxy) is 1. The lowest BCUT2D eigenvalue weighted by Gasteiger charge is -2.20. The van der Waals surface area contributed by atoms with Gasteiger partial charge in [0.15, 0.2) is 5.82 Å². The van der Waals surface area contributed by atoms with Crippen LogP contribution in [0.1, 0.15) is 44.8 Å². The van der Waals surface area contributed by atoms with Gasteiger partial charge in [0.25, 0.3) is 0 Å². The van der Waals surface area contributed by atoms with Gasteiger partial charge in [0.05, 0.1) is 6.61 Å². The molecule has 0 radical (unpaired) electrons. The van der Waals surface area contributed by atoms with Crippen molar-refractivity contribution < 1.29 is 9.26 Å². The van der Waals surface area contributed by atoms with E-state index >= 15 is 0 Å². The van der Waals surface area contributed by atoms with Gasteiger partial charge in [-0.3, -0.25) is 0 Å². The van der Waals surface area contributed by atoms with E-state index < -0.39 is 5.54 Å². The summed E-state index contributed by atoms with van der Waals surface area (Å²) in [5.41, 5.74) is 5.53. The molecule has 0 bridgehead atoms. The Hall–Kier alpha value is -0.590.